The molecule has 2 heterocycles. The van der Waals surface area contributed by atoms with Crippen molar-refractivity contribution in [2.24, 2.45) is 10.9 Å². The lowest BCUT2D eigenvalue weighted by atomic mass is 10.0. The minimum absolute atomic E-state index is 0. The highest BCUT2D eigenvalue weighted by Gasteiger charge is 2.26. The van der Waals surface area contributed by atoms with Crippen molar-refractivity contribution < 1.29 is 4.79 Å². The zero-order chi connectivity index (χ0) is 17.5. The van der Waals surface area contributed by atoms with Gasteiger partial charge in [-0.05, 0) is 32.1 Å². The van der Waals surface area contributed by atoms with Crippen molar-refractivity contribution in [2.45, 2.75) is 57.7 Å². The molecule has 1 amide bonds. The first-order valence-electron chi connectivity index (χ1n) is 9.39. The van der Waals surface area contributed by atoms with Crippen molar-refractivity contribution in [3.63, 3.8) is 0 Å². The zero-order valence-electron chi connectivity index (χ0n) is 16.2. The molecular weight excluding hydrogens is 447 g/mol. The fourth-order valence-electron chi connectivity index (χ4n) is 3.50. The average Bonchev–Trinajstić information content (AvgIpc) is 2.59. The van der Waals surface area contributed by atoms with Gasteiger partial charge in [0.25, 0.3) is 0 Å². The minimum atomic E-state index is 0. The van der Waals surface area contributed by atoms with Crippen molar-refractivity contribution in [3.05, 3.63) is 0 Å². The number of amides is 1. The Morgan fingerprint density at radius 3 is 2.72 bits per heavy atom. The van der Waals surface area contributed by atoms with Crippen LogP contribution in [-0.4, -0.2) is 71.9 Å². The van der Waals surface area contributed by atoms with Crippen molar-refractivity contribution in [3.8, 4) is 0 Å². The van der Waals surface area contributed by atoms with E-state index in [9.17, 15) is 4.79 Å². The minimum Gasteiger partial charge on any atom is -0.356 e. The number of thioether (sulfide) groups is 1. The molecule has 0 saturated carbocycles. The van der Waals surface area contributed by atoms with Gasteiger partial charge in [0.15, 0.2) is 5.96 Å². The van der Waals surface area contributed by atoms with E-state index < -0.39 is 0 Å². The molecule has 0 radical (unpaired) electrons. The van der Waals surface area contributed by atoms with Crippen LogP contribution < -0.4 is 5.32 Å². The summed E-state index contributed by atoms with van der Waals surface area (Å²) in [6.45, 7) is 10.4. The van der Waals surface area contributed by atoms with Crippen LogP contribution in [0.3, 0.4) is 0 Å². The van der Waals surface area contributed by atoms with Gasteiger partial charge in [0.05, 0.1) is 0 Å². The second-order valence-corrected chi connectivity index (χ2v) is 8.60. The van der Waals surface area contributed by atoms with E-state index in [1.165, 1.54) is 6.42 Å². The molecule has 0 spiro atoms. The van der Waals surface area contributed by atoms with E-state index in [1.807, 2.05) is 7.05 Å². The predicted octanol–water partition coefficient (Wildman–Crippen LogP) is 3.04. The number of carbonyl (C=O) groups excluding carboxylic acids is 1. The van der Waals surface area contributed by atoms with Gasteiger partial charge in [-0.2, -0.15) is 11.8 Å². The monoisotopic (exact) mass is 482 g/mol. The summed E-state index contributed by atoms with van der Waals surface area (Å²) in [5, 5.41) is 4.06. The van der Waals surface area contributed by atoms with Crippen LogP contribution in [0.5, 0.6) is 0 Å². The summed E-state index contributed by atoms with van der Waals surface area (Å²) in [5.41, 5.74) is 0. The van der Waals surface area contributed by atoms with Gasteiger partial charge >= 0.3 is 0 Å². The van der Waals surface area contributed by atoms with Crippen molar-refractivity contribution in [1.82, 2.24) is 15.1 Å². The molecule has 0 aromatic rings. The van der Waals surface area contributed by atoms with Crippen LogP contribution in [0.1, 0.15) is 46.5 Å². The van der Waals surface area contributed by atoms with E-state index >= 15 is 0 Å². The SMILES string of the molecule is CN=C(NCCC(=O)N1CCCCC1C)N1CCSC(C(C)C)C1.I. The molecule has 146 valence electrons. The first-order valence-corrected chi connectivity index (χ1v) is 10.4. The van der Waals surface area contributed by atoms with Gasteiger partial charge in [-0.25, -0.2) is 0 Å². The quantitative estimate of drug-likeness (QED) is 0.380. The van der Waals surface area contributed by atoms with Crippen LogP contribution in [0.4, 0.5) is 0 Å². The Bertz CT molecular complexity index is 447. The van der Waals surface area contributed by atoms with Crippen molar-refractivity contribution in [2.75, 3.05) is 39.0 Å². The lowest BCUT2D eigenvalue weighted by molar-refractivity contribution is -0.134. The third kappa shape index (κ3) is 6.81. The normalized spacial score (nSPS) is 24.9. The highest BCUT2D eigenvalue weighted by Crippen LogP contribution is 2.24. The first kappa shape index (κ1) is 22.9. The number of carbonyl (C=O) groups is 1. The summed E-state index contributed by atoms with van der Waals surface area (Å²) in [4.78, 5) is 21.3. The second kappa shape index (κ2) is 11.5. The topological polar surface area (TPSA) is 47.9 Å². The number of hydrogen-bond acceptors (Lipinski definition) is 3. The molecule has 2 aliphatic rings. The number of rotatable bonds is 4. The van der Waals surface area contributed by atoms with Crippen molar-refractivity contribution in [1.29, 1.82) is 0 Å². The molecule has 2 saturated heterocycles. The number of guanidine groups is 1. The summed E-state index contributed by atoms with van der Waals surface area (Å²) in [6, 6.07) is 0.400. The third-order valence-electron chi connectivity index (χ3n) is 5.09. The fraction of sp³-hybridized carbons (Fsp3) is 0.889. The average molecular weight is 482 g/mol. The van der Waals surface area contributed by atoms with Crippen LogP contribution in [-0.2, 0) is 4.79 Å². The van der Waals surface area contributed by atoms with E-state index in [2.05, 4.69) is 52.6 Å². The number of nitrogens with zero attached hydrogens (tertiary/aromatic N) is 3. The van der Waals surface area contributed by atoms with E-state index in [0.717, 1.165) is 44.2 Å². The van der Waals surface area contributed by atoms with Crippen molar-refractivity contribution >= 4 is 47.6 Å². The Kier molecular flexibility index (Phi) is 10.5. The Hall–Kier alpha value is -0.180. The molecule has 1 N–H and O–H groups in total. The molecule has 0 bridgehead atoms. The maximum atomic E-state index is 12.4. The first-order chi connectivity index (χ1) is 11.5. The molecule has 0 aliphatic carbocycles. The second-order valence-electron chi connectivity index (χ2n) is 7.26. The lowest BCUT2D eigenvalue weighted by Gasteiger charge is -2.36. The highest BCUT2D eigenvalue weighted by atomic mass is 127. The van der Waals surface area contributed by atoms with Gasteiger partial charge in [0, 0.05) is 56.7 Å². The van der Waals surface area contributed by atoms with E-state index in [1.54, 1.807) is 0 Å². The maximum Gasteiger partial charge on any atom is 0.224 e. The van der Waals surface area contributed by atoms with Crippen LogP contribution >= 0.6 is 35.7 Å². The lowest BCUT2D eigenvalue weighted by Crippen LogP contribution is -2.50. The predicted molar refractivity (Wildman–Crippen MR) is 119 cm³/mol. The third-order valence-corrected chi connectivity index (χ3v) is 6.63. The Morgan fingerprint density at radius 1 is 1.32 bits per heavy atom. The molecule has 2 fully saturated rings. The van der Waals surface area contributed by atoms with Gasteiger partial charge in [-0.1, -0.05) is 13.8 Å². The zero-order valence-corrected chi connectivity index (χ0v) is 19.3. The smallest absolute Gasteiger partial charge is 0.224 e. The number of halogens is 1. The van der Waals surface area contributed by atoms with Gasteiger partial charge in [-0.15, -0.1) is 24.0 Å². The molecule has 2 rings (SSSR count). The number of piperidine rings is 1. The molecule has 0 aromatic heterocycles. The summed E-state index contributed by atoms with van der Waals surface area (Å²) >= 11 is 2.07. The largest absolute Gasteiger partial charge is 0.356 e. The van der Waals surface area contributed by atoms with E-state index in [4.69, 9.17) is 0 Å². The van der Waals surface area contributed by atoms with E-state index in [0.29, 0.717) is 30.2 Å². The summed E-state index contributed by atoms with van der Waals surface area (Å²) < 4.78 is 0. The summed E-state index contributed by atoms with van der Waals surface area (Å²) in [7, 11) is 1.84. The number of aliphatic imine (C=N–C) groups is 1. The maximum absolute atomic E-state index is 12.4. The van der Waals surface area contributed by atoms with Gasteiger partial charge in [0.1, 0.15) is 0 Å². The number of hydrogen-bond donors (Lipinski definition) is 1. The van der Waals surface area contributed by atoms with Gasteiger partial charge in [-0.3, -0.25) is 9.79 Å². The molecule has 2 aliphatic heterocycles. The van der Waals surface area contributed by atoms with Crippen LogP contribution in [0.25, 0.3) is 0 Å². The van der Waals surface area contributed by atoms with Gasteiger partial charge in [0.2, 0.25) is 5.91 Å². The molecule has 25 heavy (non-hydrogen) atoms. The molecule has 2 atom stereocenters. The molecule has 2 unspecified atom stereocenters. The number of likely N-dealkylation sites (tertiary alicyclic amines) is 1. The standard InChI is InChI=1S/C18H34N4OS.HI/c1-14(2)16-13-21(11-12-24-16)18(19-4)20-9-8-17(23)22-10-6-5-7-15(22)3;/h14-16H,5-13H2,1-4H3,(H,19,20);1H. The molecular formula is C18H35IN4OS. The molecule has 7 heteroatoms. The van der Waals surface area contributed by atoms with Crippen LogP contribution in [0.15, 0.2) is 4.99 Å². The highest BCUT2D eigenvalue weighted by molar-refractivity contribution is 14.0. The Labute approximate surface area is 174 Å². The van der Waals surface area contributed by atoms with Crippen LogP contribution in [0.2, 0.25) is 0 Å². The Morgan fingerprint density at radius 2 is 2.08 bits per heavy atom. The Balaban J connectivity index is 0.00000312. The summed E-state index contributed by atoms with van der Waals surface area (Å²) in [6.07, 6.45) is 4.09. The van der Waals surface area contributed by atoms with E-state index in [-0.39, 0.29) is 29.9 Å². The number of nitrogens with one attached hydrogen (secondary N) is 1. The van der Waals surface area contributed by atoms with Gasteiger partial charge < -0.3 is 15.1 Å². The molecule has 0 aromatic carbocycles. The fourth-order valence-corrected chi connectivity index (χ4v) is 4.80. The summed E-state index contributed by atoms with van der Waals surface area (Å²) in [5.74, 6) is 3.05. The van der Waals surface area contributed by atoms with Crippen LogP contribution in [0, 0.1) is 5.92 Å². The molecule has 5 nitrogen and oxygen atoms in total.